The van der Waals surface area contributed by atoms with E-state index in [-0.39, 0.29) is 48.2 Å². The van der Waals surface area contributed by atoms with E-state index >= 15 is 0 Å². The number of halogens is 1. The summed E-state index contributed by atoms with van der Waals surface area (Å²) in [4.78, 5) is 40.4. The van der Waals surface area contributed by atoms with Crippen LogP contribution in [0.15, 0.2) is 53.4 Å². The number of sulfonamides is 1. The smallest absolute Gasteiger partial charge is 0.269 e. The zero-order valence-corrected chi connectivity index (χ0v) is 21.8. The number of fused-ring (bicyclic) bond motifs is 1. The van der Waals surface area contributed by atoms with Gasteiger partial charge in [-0.1, -0.05) is 31.2 Å². The Morgan fingerprint density at radius 3 is 2.31 bits per heavy atom. The van der Waals surface area contributed by atoms with Gasteiger partial charge in [-0.05, 0) is 63.4 Å². The molecule has 0 bridgehead atoms. The zero-order valence-electron chi connectivity index (χ0n) is 21.0. The predicted octanol–water partition coefficient (Wildman–Crippen LogP) is 3.47. The van der Waals surface area contributed by atoms with Crippen molar-refractivity contribution in [2.24, 2.45) is 0 Å². The highest BCUT2D eigenvalue weighted by Crippen LogP contribution is 2.30. The Kier molecular flexibility index (Phi) is 8.18. The topological polar surface area (TPSA) is 104 Å². The predicted molar refractivity (Wildman–Crippen MR) is 133 cm³/mol. The first-order chi connectivity index (χ1) is 16.8. The van der Waals surface area contributed by atoms with Crippen LogP contribution in [-0.4, -0.2) is 53.5 Å². The van der Waals surface area contributed by atoms with Gasteiger partial charge in [-0.3, -0.25) is 14.4 Å². The van der Waals surface area contributed by atoms with Crippen LogP contribution < -0.4 is 5.32 Å². The van der Waals surface area contributed by atoms with Gasteiger partial charge in [0.05, 0.1) is 5.56 Å². The Hall–Kier alpha value is -3.27. The minimum atomic E-state index is -3.96. The molecule has 1 aliphatic rings. The van der Waals surface area contributed by atoms with Crippen LogP contribution in [0, 0.1) is 5.82 Å². The molecule has 8 nitrogen and oxygen atoms in total. The number of rotatable bonds is 9. The summed E-state index contributed by atoms with van der Waals surface area (Å²) < 4.78 is 39.7. The Morgan fingerprint density at radius 1 is 1.08 bits per heavy atom. The molecular weight excluding hydrogens is 485 g/mol. The molecule has 0 unspecified atom stereocenters. The molecule has 1 aliphatic heterocycles. The molecule has 36 heavy (non-hydrogen) atoms. The van der Waals surface area contributed by atoms with Crippen LogP contribution in [0.3, 0.4) is 0 Å². The standard InChI is InChI=1S/C26H32FN3O5S/c1-5-21(24(32)28-26(2,3)4)29(17-18-12-14-19(27)15-13-18)23(31)11-8-16-30-25(33)20-9-6-7-10-22(20)36(30,34)35/h6-7,9-10,12-15,21H,5,8,11,16-17H2,1-4H3,(H,28,32)/t21-/m0/s1. The van der Waals surface area contributed by atoms with Crippen molar-refractivity contribution in [3.8, 4) is 0 Å². The molecule has 1 N–H and O–H groups in total. The Labute approximate surface area is 211 Å². The number of nitrogens with one attached hydrogen (secondary N) is 1. The Bertz CT molecular complexity index is 1240. The van der Waals surface area contributed by atoms with Gasteiger partial charge in [0, 0.05) is 25.0 Å². The first-order valence-corrected chi connectivity index (χ1v) is 13.3. The fourth-order valence-corrected chi connectivity index (χ4v) is 5.74. The van der Waals surface area contributed by atoms with Gasteiger partial charge < -0.3 is 10.2 Å². The maximum absolute atomic E-state index is 13.4. The molecule has 0 spiro atoms. The van der Waals surface area contributed by atoms with E-state index in [0.717, 1.165) is 4.31 Å². The molecule has 10 heteroatoms. The van der Waals surface area contributed by atoms with E-state index in [4.69, 9.17) is 0 Å². The second-order valence-corrected chi connectivity index (χ2v) is 11.6. The van der Waals surface area contributed by atoms with Crippen molar-refractivity contribution in [1.29, 1.82) is 0 Å². The van der Waals surface area contributed by atoms with Gasteiger partial charge in [0.15, 0.2) is 0 Å². The molecule has 1 atom stereocenters. The van der Waals surface area contributed by atoms with Crippen molar-refractivity contribution in [2.45, 2.75) is 70.0 Å². The monoisotopic (exact) mass is 517 g/mol. The first-order valence-electron chi connectivity index (χ1n) is 11.9. The highest BCUT2D eigenvalue weighted by atomic mass is 32.2. The van der Waals surface area contributed by atoms with Crippen molar-refractivity contribution in [2.75, 3.05) is 6.54 Å². The molecule has 0 saturated carbocycles. The van der Waals surface area contributed by atoms with Gasteiger partial charge in [-0.2, -0.15) is 0 Å². The van der Waals surface area contributed by atoms with Crippen LogP contribution in [0.25, 0.3) is 0 Å². The summed E-state index contributed by atoms with van der Waals surface area (Å²) in [6, 6.07) is 10.9. The average Bonchev–Trinajstić information content (AvgIpc) is 2.99. The summed E-state index contributed by atoms with van der Waals surface area (Å²) >= 11 is 0. The van der Waals surface area contributed by atoms with Crippen LogP contribution in [0.2, 0.25) is 0 Å². The maximum atomic E-state index is 13.4. The minimum Gasteiger partial charge on any atom is -0.350 e. The Morgan fingerprint density at radius 2 is 1.72 bits per heavy atom. The number of carbonyl (C=O) groups excluding carboxylic acids is 3. The summed E-state index contributed by atoms with van der Waals surface area (Å²) in [5, 5.41) is 2.90. The minimum absolute atomic E-state index is 0.0378. The molecule has 2 aromatic rings. The molecule has 0 radical (unpaired) electrons. The largest absolute Gasteiger partial charge is 0.350 e. The van der Waals surface area contributed by atoms with Crippen LogP contribution >= 0.6 is 0 Å². The number of benzene rings is 2. The van der Waals surface area contributed by atoms with Gasteiger partial charge in [-0.15, -0.1) is 0 Å². The molecule has 0 saturated heterocycles. The number of nitrogens with zero attached hydrogens (tertiary/aromatic N) is 2. The Balaban J connectivity index is 1.76. The quantitative estimate of drug-likeness (QED) is 0.549. The van der Waals surface area contributed by atoms with Crippen LogP contribution in [0.4, 0.5) is 4.39 Å². The molecule has 1 heterocycles. The summed E-state index contributed by atoms with van der Waals surface area (Å²) in [6.45, 7) is 7.25. The van der Waals surface area contributed by atoms with E-state index in [0.29, 0.717) is 12.0 Å². The lowest BCUT2D eigenvalue weighted by atomic mass is 10.0. The maximum Gasteiger partial charge on any atom is 0.269 e. The first kappa shape index (κ1) is 27.3. The molecule has 3 rings (SSSR count). The van der Waals surface area contributed by atoms with Gasteiger partial charge >= 0.3 is 0 Å². The molecule has 2 aromatic carbocycles. The van der Waals surface area contributed by atoms with Gasteiger partial charge in [0.25, 0.3) is 15.9 Å². The lowest BCUT2D eigenvalue weighted by Crippen LogP contribution is -2.53. The second-order valence-electron chi connectivity index (χ2n) is 9.79. The number of amides is 3. The lowest BCUT2D eigenvalue weighted by Gasteiger charge is -2.33. The SMILES string of the molecule is CC[C@@H](C(=O)NC(C)(C)C)N(Cc1ccc(F)cc1)C(=O)CCCN1C(=O)c2ccccc2S1(=O)=O. The molecule has 3 amide bonds. The fraction of sp³-hybridized carbons (Fsp3) is 0.423. The van der Waals surface area contributed by atoms with E-state index in [1.54, 1.807) is 31.2 Å². The third-order valence-corrected chi connectivity index (χ3v) is 7.65. The number of hydrogen-bond acceptors (Lipinski definition) is 5. The zero-order chi connectivity index (χ0) is 26.7. The molecular formula is C26H32FN3O5S. The van der Waals surface area contributed by atoms with E-state index in [1.165, 1.54) is 29.2 Å². The molecule has 0 aliphatic carbocycles. The van der Waals surface area contributed by atoms with Crippen molar-refractivity contribution in [1.82, 2.24) is 14.5 Å². The number of carbonyl (C=O) groups is 3. The number of hydrogen-bond donors (Lipinski definition) is 1. The molecule has 0 fully saturated rings. The van der Waals surface area contributed by atoms with Crippen molar-refractivity contribution in [3.63, 3.8) is 0 Å². The van der Waals surface area contributed by atoms with E-state index in [1.807, 2.05) is 20.8 Å². The van der Waals surface area contributed by atoms with E-state index in [2.05, 4.69) is 5.32 Å². The van der Waals surface area contributed by atoms with Crippen molar-refractivity contribution in [3.05, 3.63) is 65.5 Å². The third-order valence-electron chi connectivity index (χ3n) is 5.81. The van der Waals surface area contributed by atoms with Gasteiger partial charge in [0.1, 0.15) is 16.8 Å². The summed E-state index contributed by atoms with van der Waals surface area (Å²) in [5.74, 6) is -1.70. The fourth-order valence-electron chi connectivity index (χ4n) is 4.13. The summed E-state index contributed by atoms with van der Waals surface area (Å²) in [6.07, 6.45) is 0.369. The van der Waals surface area contributed by atoms with Gasteiger partial charge in [0.2, 0.25) is 11.8 Å². The highest BCUT2D eigenvalue weighted by molar-refractivity contribution is 7.90. The van der Waals surface area contributed by atoms with E-state index in [9.17, 15) is 27.2 Å². The molecule has 0 aromatic heterocycles. The third kappa shape index (κ3) is 6.10. The van der Waals surface area contributed by atoms with Crippen LogP contribution in [0.5, 0.6) is 0 Å². The van der Waals surface area contributed by atoms with E-state index < -0.39 is 33.3 Å². The van der Waals surface area contributed by atoms with Gasteiger partial charge in [-0.25, -0.2) is 17.1 Å². The second kappa shape index (κ2) is 10.8. The summed E-state index contributed by atoms with van der Waals surface area (Å²) in [7, 11) is -3.96. The normalized spacial score (nSPS) is 15.4. The summed E-state index contributed by atoms with van der Waals surface area (Å²) in [5.41, 5.74) is 0.264. The average molecular weight is 518 g/mol. The van der Waals surface area contributed by atoms with Crippen molar-refractivity contribution >= 4 is 27.7 Å². The molecule has 194 valence electrons. The lowest BCUT2D eigenvalue weighted by molar-refractivity contribution is -0.142. The van der Waals surface area contributed by atoms with Crippen molar-refractivity contribution < 1.29 is 27.2 Å². The van der Waals surface area contributed by atoms with Crippen LogP contribution in [-0.2, 0) is 26.2 Å². The highest BCUT2D eigenvalue weighted by Gasteiger charge is 2.40. The van der Waals surface area contributed by atoms with Crippen LogP contribution in [0.1, 0.15) is 62.9 Å².